The third-order valence-corrected chi connectivity index (χ3v) is 9.46. The lowest BCUT2D eigenvalue weighted by Gasteiger charge is -2.45. The lowest BCUT2D eigenvalue weighted by Crippen LogP contribution is -2.47. The van der Waals surface area contributed by atoms with E-state index in [9.17, 15) is 9.59 Å². The molecular formula is C26H48N2O4S2. The van der Waals surface area contributed by atoms with Crippen LogP contribution in [0.15, 0.2) is 0 Å². The summed E-state index contributed by atoms with van der Waals surface area (Å²) in [6.07, 6.45) is 2.53. The number of esters is 1. The van der Waals surface area contributed by atoms with Gasteiger partial charge in [0, 0.05) is 36.0 Å². The molecule has 8 heteroatoms. The van der Waals surface area contributed by atoms with E-state index in [1.165, 1.54) is 6.92 Å². The highest BCUT2D eigenvalue weighted by Gasteiger charge is 2.42. The Morgan fingerprint density at radius 2 is 1.53 bits per heavy atom. The van der Waals surface area contributed by atoms with E-state index in [4.69, 9.17) is 14.7 Å². The van der Waals surface area contributed by atoms with Crippen LogP contribution in [0, 0.1) is 22.2 Å². The molecule has 1 amide bonds. The number of hydrogen-bond acceptors (Lipinski definition) is 7. The molecule has 0 spiro atoms. The van der Waals surface area contributed by atoms with E-state index in [0.29, 0.717) is 32.5 Å². The summed E-state index contributed by atoms with van der Waals surface area (Å²) in [6, 6.07) is 2.24. The van der Waals surface area contributed by atoms with E-state index >= 15 is 0 Å². The van der Waals surface area contributed by atoms with E-state index in [-0.39, 0.29) is 33.2 Å². The van der Waals surface area contributed by atoms with E-state index in [1.807, 2.05) is 38.5 Å². The Morgan fingerprint density at radius 3 is 2.06 bits per heavy atom. The van der Waals surface area contributed by atoms with Crippen molar-refractivity contribution >= 4 is 33.5 Å². The van der Waals surface area contributed by atoms with Gasteiger partial charge in [-0.3, -0.25) is 9.59 Å². The summed E-state index contributed by atoms with van der Waals surface area (Å²) in [5, 5.41) is 12.2. The van der Waals surface area contributed by atoms with Crippen LogP contribution in [-0.4, -0.2) is 46.7 Å². The number of carbonyl (C=O) groups excluding carboxylic acids is 2. The van der Waals surface area contributed by atoms with Crippen LogP contribution < -0.4 is 5.32 Å². The van der Waals surface area contributed by atoms with Crippen LogP contribution >= 0.6 is 21.6 Å². The van der Waals surface area contributed by atoms with Crippen LogP contribution in [0.25, 0.3) is 0 Å². The highest BCUT2D eigenvalue weighted by Crippen LogP contribution is 2.48. The molecular weight excluding hydrogens is 468 g/mol. The van der Waals surface area contributed by atoms with Gasteiger partial charge in [-0.2, -0.15) is 5.26 Å². The largest absolute Gasteiger partial charge is 0.465 e. The summed E-state index contributed by atoms with van der Waals surface area (Å²) in [6.45, 7) is 23.3. The Kier molecular flexibility index (Phi) is 13.1. The number of carbonyl (C=O) groups is 2. The van der Waals surface area contributed by atoms with E-state index in [0.717, 1.165) is 12.2 Å². The highest BCUT2D eigenvalue weighted by molar-refractivity contribution is 8.77. The second-order valence-corrected chi connectivity index (χ2v) is 15.2. The van der Waals surface area contributed by atoms with Gasteiger partial charge in [-0.05, 0) is 80.1 Å². The molecule has 0 saturated heterocycles. The quantitative estimate of drug-likeness (QED) is 0.142. The zero-order valence-electron chi connectivity index (χ0n) is 23.3. The van der Waals surface area contributed by atoms with Gasteiger partial charge in [-0.15, -0.1) is 0 Å². The Bertz CT molecular complexity index is 710. The number of amides is 1. The molecule has 0 fully saturated rings. The predicted octanol–water partition coefficient (Wildman–Crippen LogP) is 6.54. The maximum atomic E-state index is 12.4. The first-order valence-electron chi connectivity index (χ1n) is 12.0. The highest BCUT2D eigenvalue weighted by atomic mass is 33.1. The van der Waals surface area contributed by atoms with Crippen molar-refractivity contribution in [2.75, 3.05) is 19.0 Å². The zero-order valence-corrected chi connectivity index (χ0v) is 25.0. The van der Waals surface area contributed by atoms with Crippen LogP contribution in [0.4, 0.5) is 0 Å². The number of nitrogens with one attached hydrogen (secondary N) is 1. The molecule has 0 rings (SSSR count). The Labute approximate surface area is 216 Å². The van der Waals surface area contributed by atoms with Gasteiger partial charge in [-0.1, -0.05) is 35.4 Å². The molecule has 34 heavy (non-hydrogen) atoms. The molecule has 0 aliphatic rings. The summed E-state index contributed by atoms with van der Waals surface area (Å²) in [5.74, 6) is 0.497. The van der Waals surface area contributed by atoms with E-state index < -0.39 is 5.41 Å². The maximum absolute atomic E-state index is 12.4. The lowest BCUT2D eigenvalue weighted by molar-refractivity contribution is -0.140. The van der Waals surface area contributed by atoms with Gasteiger partial charge in [0.1, 0.15) is 6.61 Å². The van der Waals surface area contributed by atoms with Gasteiger partial charge in [-0.25, -0.2) is 0 Å². The monoisotopic (exact) mass is 516 g/mol. The van der Waals surface area contributed by atoms with Crippen molar-refractivity contribution in [2.45, 2.75) is 118 Å². The Hall–Kier alpha value is -0.910. The standard InChI is InChI=1S/C26H48N2O4S2/c1-20(29)31-16-17-33-34-25(8,9)18-23(4,5)26(10,11)32-15-14-24(6,7)28-21(30)12-13-22(2,3)19-27/h12-18H2,1-11H3,(H,28,30). The van der Waals surface area contributed by atoms with Crippen LogP contribution in [0.1, 0.15) is 102 Å². The van der Waals surface area contributed by atoms with Gasteiger partial charge in [0.05, 0.1) is 17.1 Å². The first-order valence-corrected chi connectivity index (χ1v) is 14.4. The van der Waals surface area contributed by atoms with Crippen molar-refractivity contribution in [2.24, 2.45) is 10.8 Å². The number of ether oxygens (including phenoxy) is 2. The topological polar surface area (TPSA) is 88.4 Å². The summed E-state index contributed by atoms with van der Waals surface area (Å²) in [7, 11) is 3.55. The summed E-state index contributed by atoms with van der Waals surface area (Å²) in [4.78, 5) is 23.3. The van der Waals surface area contributed by atoms with Gasteiger partial charge in [0.25, 0.3) is 0 Å². The second kappa shape index (κ2) is 13.4. The molecule has 1 N–H and O–H groups in total. The van der Waals surface area contributed by atoms with Gasteiger partial charge in [0.15, 0.2) is 0 Å². The van der Waals surface area contributed by atoms with Gasteiger partial charge >= 0.3 is 5.97 Å². The minimum absolute atomic E-state index is 0.0233. The number of rotatable bonds is 16. The average Bonchev–Trinajstić information content (AvgIpc) is 2.64. The number of nitriles is 1. The van der Waals surface area contributed by atoms with Crippen LogP contribution in [0.3, 0.4) is 0 Å². The van der Waals surface area contributed by atoms with Gasteiger partial charge < -0.3 is 14.8 Å². The lowest BCUT2D eigenvalue weighted by atomic mass is 9.71. The smallest absolute Gasteiger partial charge is 0.302 e. The van der Waals surface area contributed by atoms with Crippen molar-refractivity contribution < 1.29 is 19.1 Å². The molecule has 198 valence electrons. The fraction of sp³-hybridized carbons (Fsp3) is 0.885. The Balaban J connectivity index is 4.68. The minimum atomic E-state index is -0.493. The third kappa shape index (κ3) is 13.8. The molecule has 0 aliphatic carbocycles. The molecule has 0 aromatic rings. The average molecular weight is 517 g/mol. The normalized spacial score (nSPS) is 13.4. The first-order chi connectivity index (χ1) is 15.2. The Morgan fingerprint density at radius 1 is 0.941 bits per heavy atom. The van der Waals surface area contributed by atoms with Crippen molar-refractivity contribution in [1.29, 1.82) is 5.26 Å². The fourth-order valence-corrected chi connectivity index (χ4v) is 6.03. The van der Waals surface area contributed by atoms with Crippen LogP contribution in [0.2, 0.25) is 0 Å². The molecule has 6 nitrogen and oxygen atoms in total. The molecule has 0 aromatic carbocycles. The van der Waals surface area contributed by atoms with Crippen molar-refractivity contribution in [3.63, 3.8) is 0 Å². The van der Waals surface area contributed by atoms with Crippen molar-refractivity contribution in [1.82, 2.24) is 5.32 Å². The molecule has 0 heterocycles. The molecule has 0 atom stereocenters. The molecule has 0 aromatic heterocycles. The fourth-order valence-electron chi connectivity index (χ4n) is 3.47. The van der Waals surface area contributed by atoms with Crippen molar-refractivity contribution in [3.8, 4) is 6.07 Å². The SMILES string of the molecule is CC(=O)OCCSSC(C)(C)CC(C)(C)C(C)(C)OCCC(C)(C)NC(=O)CCC(C)(C)C#N. The van der Waals surface area contributed by atoms with E-state index in [2.05, 4.69) is 52.9 Å². The summed E-state index contributed by atoms with van der Waals surface area (Å²) >= 11 is 0. The second-order valence-electron chi connectivity index (χ2n) is 12.1. The number of nitrogens with zero attached hydrogens (tertiary/aromatic N) is 1. The van der Waals surface area contributed by atoms with Gasteiger partial charge in [0.2, 0.25) is 5.91 Å². The zero-order chi connectivity index (χ0) is 26.8. The minimum Gasteiger partial charge on any atom is -0.465 e. The molecule has 0 bridgehead atoms. The van der Waals surface area contributed by atoms with Crippen molar-refractivity contribution in [3.05, 3.63) is 0 Å². The third-order valence-electron chi connectivity index (χ3n) is 6.20. The molecule has 0 aliphatic heterocycles. The summed E-state index contributed by atoms with van der Waals surface area (Å²) < 4.78 is 11.4. The predicted molar refractivity (Wildman–Crippen MR) is 145 cm³/mol. The molecule has 0 radical (unpaired) electrons. The summed E-state index contributed by atoms with van der Waals surface area (Å²) in [5.41, 5.74) is -1.32. The first kappa shape index (κ1) is 33.1. The molecule has 0 saturated carbocycles. The van der Waals surface area contributed by atoms with Crippen LogP contribution in [-0.2, 0) is 19.1 Å². The molecule has 0 unspecified atom stereocenters. The van der Waals surface area contributed by atoms with E-state index in [1.54, 1.807) is 10.8 Å². The van der Waals surface area contributed by atoms with Crippen LogP contribution in [0.5, 0.6) is 0 Å². The number of hydrogen-bond donors (Lipinski definition) is 1. The maximum Gasteiger partial charge on any atom is 0.302 e.